The number of aromatic nitrogens is 3. The quantitative estimate of drug-likeness (QED) is 0.853. The highest BCUT2D eigenvalue weighted by Crippen LogP contribution is 2.29. The van der Waals surface area contributed by atoms with Gasteiger partial charge in [0.1, 0.15) is 18.2 Å². The largest absolute Gasteiger partial charge is 0.495 e. The van der Waals surface area contributed by atoms with E-state index in [0.717, 1.165) is 0 Å². The molecule has 0 saturated carbocycles. The summed E-state index contributed by atoms with van der Waals surface area (Å²) in [6.45, 7) is 0. The summed E-state index contributed by atoms with van der Waals surface area (Å²) in [7, 11) is 1.52. The van der Waals surface area contributed by atoms with Crippen molar-refractivity contribution in [1.29, 1.82) is 0 Å². The van der Waals surface area contributed by atoms with Crippen LogP contribution in [0.25, 0.3) is 0 Å². The van der Waals surface area contributed by atoms with Crippen molar-refractivity contribution >= 4 is 11.6 Å². The SMILES string of the molecule is COc1cc(C(O)c2ncn[nH]2)ccc1Cl. The lowest BCUT2D eigenvalue weighted by atomic mass is 10.1. The minimum absolute atomic E-state index is 0.379. The molecule has 1 aromatic heterocycles. The molecule has 2 rings (SSSR count). The molecule has 0 amide bonds. The van der Waals surface area contributed by atoms with Crippen LogP contribution >= 0.6 is 11.6 Å². The van der Waals surface area contributed by atoms with Crippen LogP contribution in [-0.2, 0) is 0 Å². The number of methoxy groups -OCH3 is 1. The predicted molar refractivity (Wildman–Crippen MR) is 58.4 cm³/mol. The Labute approximate surface area is 97.0 Å². The fourth-order valence-electron chi connectivity index (χ4n) is 1.35. The van der Waals surface area contributed by atoms with Crippen LogP contribution in [0.2, 0.25) is 5.02 Å². The van der Waals surface area contributed by atoms with Crippen molar-refractivity contribution in [1.82, 2.24) is 15.2 Å². The Morgan fingerprint density at radius 2 is 2.31 bits per heavy atom. The Morgan fingerprint density at radius 3 is 2.94 bits per heavy atom. The van der Waals surface area contributed by atoms with E-state index >= 15 is 0 Å². The van der Waals surface area contributed by atoms with Gasteiger partial charge in [-0.25, -0.2) is 4.98 Å². The Kier molecular flexibility index (Phi) is 3.07. The Morgan fingerprint density at radius 1 is 1.50 bits per heavy atom. The first-order valence-electron chi connectivity index (χ1n) is 4.59. The lowest BCUT2D eigenvalue weighted by molar-refractivity contribution is 0.210. The number of nitrogens with one attached hydrogen (secondary N) is 1. The summed E-state index contributed by atoms with van der Waals surface area (Å²) in [5.74, 6) is 0.891. The highest BCUT2D eigenvalue weighted by Gasteiger charge is 2.14. The highest BCUT2D eigenvalue weighted by molar-refractivity contribution is 6.32. The fourth-order valence-corrected chi connectivity index (χ4v) is 1.55. The van der Waals surface area contributed by atoms with Gasteiger partial charge in [0.2, 0.25) is 0 Å². The molecule has 6 heteroatoms. The van der Waals surface area contributed by atoms with E-state index in [1.54, 1.807) is 18.2 Å². The number of benzene rings is 1. The van der Waals surface area contributed by atoms with E-state index in [-0.39, 0.29) is 0 Å². The van der Waals surface area contributed by atoms with Gasteiger partial charge in [-0.1, -0.05) is 17.7 Å². The number of H-pyrrole nitrogens is 1. The fraction of sp³-hybridized carbons (Fsp3) is 0.200. The molecule has 0 saturated heterocycles. The van der Waals surface area contributed by atoms with Crippen LogP contribution in [0.5, 0.6) is 5.75 Å². The molecule has 0 aliphatic carbocycles. The first kappa shape index (κ1) is 10.9. The second-order valence-electron chi connectivity index (χ2n) is 3.17. The van der Waals surface area contributed by atoms with E-state index in [2.05, 4.69) is 15.2 Å². The average Bonchev–Trinajstić information content (AvgIpc) is 2.82. The Balaban J connectivity index is 2.34. The molecule has 1 heterocycles. The molecular weight excluding hydrogens is 230 g/mol. The maximum absolute atomic E-state index is 9.96. The number of rotatable bonds is 3. The van der Waals surface area contributed by atoms with Crippen LogP contribution in [0, 0.1) is 0 Å². The van der Waals surface area contributed by atoms with Gasteiger partial charge < -0.3 is 9.84 Å². The monoisotopic (exact) mass is 239 g/mol. The molecule has 2 aromatic rings. The summed E-state index contributed by atoms with van der Waals surface area (Å²) < 4.78 is 5.06. The molecule has 0 spiro atoms. The summed E-state index contributed by atoms with van der Waals surface area (Å²) in [4.78, 5) is 3.88. The zero-order valence-electron chi connectivity index (χ0n) is 8.51. The standard InChI is InChI=1S/C10H10ClN3O2/c1-16-8-4-6(2-3-7(8)11)9(15)10-12-5-13-14-10/h2-5,9,15H,1H3,(H,12,13,14). The molecule has 0 aliphatic heterocycles. The second kappa shape index (κ2) is 4.51. The van der Waals surface area contributed by atoms with E-state index in [0.29, 0.717) is 22.2 Å². The van der Waals surface area contributed by atoms with Crippen LogP contribution < -0.4 is 4.74 Å². The molecule has 1 aromatic carbocycles. The van der Waals surface area contributed by atoms with E-state index in [1.165, 1.54) is 13.4 Å². The molecular formula is C10H10ClN3O2. The molecule has 0 aliphatic rings. The van der Waals surface area contributed by atoms with Crippen molar-refractivity contribution in [3.8, 4) is 5.75 Å². The van der Waals surface area contributed by atoms with Crippen molar-refractivity contribution in [2.24, 2.45) is 0 Å². The minimum Gasteiger partial charge on any atom is -0.495 e. The summed E-state index contributed by atoms with van der Waals surface area (Å²) in [6, 6.07) is 5.03. The number of aliphatic hydroxyl groups is 1. The molecule has 1 atom stereocenters. The predicted octanol–water partition coefficient (Wildman–Crippen LogP) is 1.55. The molecule has 0 bridgehead atoms. The molecule has 2 N–H and O–H groups in total. The summed E-state index contributed by atoms with van der Waals surface area (Å²) in [5.41, 5.74) is 0.637. The van der Waals surface area contributed by atoms with Gasteiger partial charge in [-0.15, -0.1) is 0 Å². The van der Waals surface area contributed by atoms with Crippen molar-refractivity contribution in [2.75, 3.05) is 7.11 Å². The lowest BCUT2D eigenvalue weighted by Crippen LogP contribution is -2.02. The van der Waals surface area contributed by atoms with E-state index in [9.17, 15) is 5.11 Å². The smallest absolute Gasteiger partial charge is 0.157 e. The average molecular weight is 240 g/mol. The minimum atomic E-state index is -0.867. The third-order valence-electron chi connectivity index (χ3n) is 2.18. The molecule has 0 radical (unpaired) electrons. The van der Waals surface area contributed by atoms with Crippen molar-refractivity contribution in [2.45, 2.75) is 6.10 Å². The summed E-state index contributed by atoms with van der Waals surface area (Å²) in [5, 5.41) is 16.7. The number of aromatic amines is 1. The third kappa shape index (κ3) is 2.00. The summed E-state index contributed by atoms with van der Waals surface area (Å²) in [6.07, 6.45) is 0.472. The summed E-state index contributed by atoms with van der Waals surface area (Å²) >= 11 is 5.88. The number of halogens is 1. The number of hydrogen-bond donors (Lipinski definition) is 2. The Hall–Kier alpha value is -1.59. The first-order chi connectivity index (χ1) is 7.72. The Bertz CT molecular complexity index is 473. The van der Waals surface area contributed by atoms with Gasteiger partial charge in [0, 0.05) is 0 Å². The number of aliphatic hydroxyl groups excluding tert-OH is 1. The van der Waals surface area contributed by atoms with Gasteiger partial charge in [0.25, 0.3) is 0 Å². The maximum atomic E-state index is 9.96. The second-order valence-corrected chi connectivity index (χ2v) is 3.57. The van der Waals surface area contributed by atoms with Crippen LogP contribution in [0.4, 0.5) is 0 Å². The van der Waals surface area contributed by atoms with Crippen LogP contribution in [0.3, 0.4) is 0 Å². The molecule has 1 unspecified atom stereocenters. The number of hydrogen-bond acceptors (Lipinski definition) is 4. The van der Waals surface area contributed by atoms with Gasteiger partial charge in [-0.05, 0) is 17.7 Å². The number of ether oxygens (including phenoxy) is 1. The normalized spacial score (nSPS) is 12.4. The van der Waals surface area contributed by atoms with Crippen LogP contribution in [0.15, 0.2) is 24.5 Å². The van der Waals surface area contributed by atoms with Gasteiger partial charge in [0.15, 0.2) is 5.82 Å². The molecule has 84 valence electrons. The third-order valence-corrected chi connectivity index (χ3v) is 2.50. The van der Waals surface area contributed by atoms with Gasteiger partial charge in [-0.3, -0.25) is 5.10 Å². The van der Waals surface area contributed by atoms with Crippen molar-refractivity contribution < 1.29 is 9.84 Å². The van der Waals surface area contributed by atoms with Gasteiger partial charge in [0.05, 0.1) is 12.1 Å². The lowest BCUT2D eigenvalue weighted by Gasteiger charge is -2.10. The van der Waals surface area contributed by atoms with Crippen molar-refractivity contribution in [3.05, 3.63) is 40.9 Å². The molecule has 5 nitrogen and oxygen atoms in total. The van der Waals surface area contributed by atoms with Crippen LogP contribution in [0.1, 0.15) is 17.5 Å². The van der Waals surface area contributed by atoms with E-state index < -0.39 is 6.10 Å². The van der Waals surface area contributed by atoms with Gasteiger partial charge >= 0.3 is 0 Å². The molecule has 0 fully saturated rings. The maximum Gasteiger partial charge on any atom is 0.157 e. The number of nitrogens with zero attached hydrogens (tertiary/aromatic N) is 2. The zero-order chi connectivity index (χ0) is 11.5. The van der Waals surface area contributed by atoms with E-state index in [4.69, 9.17) is 16.3 Å². The zero-order valence-corrected chi connectivity index (χ0v) is 9.27. The molecule has 16 heavy (non-hydrogen) atoms. The van der Waals surface area contributed by atoms with E-state index in [1.807, 2.05) is 0 Å². The highest BCUT2D eigenvalue weighted by atomic mass is 35.5. The van der Waals surface area contributed by atoms with Crippen molar-refractivity contribution in [3.63, 3.8) is 0 Å². The van der Waals surface area contributed by atoms with Crippen LogP contribution in [-0.4, -0.2) is 27.4 Å². The van der Waals surface area contributed by atoms with Gasteiger partial charge in [-0.2, -0.15) is 5.10 Å². The first-order valence-corrected chi connectivity index (χ1v) is 4.97. The topological polar surface area (TPSA) is 71.0 Å².